The Morgan fingerprint density at radius 2 is 1.33 bits per heavy atom. The van der Waals surface area contributed by atoms with Gasteiger partial charge in [-0.05, 0) is 56.1 Å². The second-order valence-corrected chi connectivity index (χ2v) is 8.45. The van der Waals surface area contributed by atoms with Crippen molar-refractivity contribution in [1.29, 1.82) is 0 Å². The highest BCUT2D eigenvalue weighted by molar-refractivity contribution is 5.85. The predicted octanol–water partition coefficient (Wildman–Crippen LogP) is 5.99. The Balaban J connectivity index is 0.00000385. The highest BCUT2D eigenvalue weighted by Crippen LogP contribution is 2.45. The van der Waals surface area contributed by atoms with E-state index in [0.29, 0.717) is 38.1 Å². The molecule has 0 saturated carbocycles. The van der Waals surface area contributed by atoms with Crippen molar-refractivity contribution in [3.63, 3.8) is 0 Å². The van der Waals surface area contributed by atoms with Crippen molar-refractivity contribution < 1.29 is 36.2 Å². The average molecular weight is 498 g/mol. The van der Waals surface area contributed by atoms with Crippen LogP contribution < -0.4 is 0 Å². The summed E-state index contributed by atoms with van der Waals surface area (Å²) >= 11 is 0. The van der Waals surface area contributed by atoms with Gasteiger partial charge < -0.3 is 14.7 Å². The molecule has 184 valence electrons. The quantitative estimate of drug-likeness (QED) is 0.515. The summed E-state index contributed by atoms with van der Waals surface area (Å²) in [6, 6.07) is 10.3. The molecule has 1 N–H and O–H groups in total. The van der Waals surface area contributed by atoms with Crippen LogP contribution >= 0.6 is 12.4 Å². The number of rotatable bonds is 5. The van der Waals surface area contributed by atoms with Crippen molar-refractivity contribution in [1.82, 2.24) is 4.90 Å². The van der Waals surface area contributed by atoms with Gasteiger partial charge in [0.15, 0.2) is 0 Å². The molecular formula is C23H26ClF6NO2. The lowest BCUT2D eigenvalue weighted by Gasteiger charge is -2.46. The number of aliphatic hydroxyl groups excluding tert-OH is 1. The minimum atomic E-state index is -4.99. The number of aliphatic hydroxyl groups is 1. The molecule has 1 heterocycles. The van der Waals surface area contributed by atoms with Crippen molar-refractivity contribution in [2.45, 2.75) is 43.3 Å². The number of alkyl halides is 6. The zero-order valence-electron chi connectivity index (χ0n) is 18.1. The van der Waals surface area contributed by atoms with E-state index in [9.17, 15) is 31.4 Å². The van der Waals surface area contributed by atoms with E-state index in [1.54, 1.807) is 18.2 Å². The van der Waals surface area contributed by atoms with E-state index in [1.165, 1.54) is 6.92 Å². The molecular weight excluding hydrogens is 472 g/mol. The standard InChI is InChI=1S/C23H25F6NO2.ClH/c1-20(15-31,17-12-18(22(24,25)26)14-19(13-17)23(27,28)29)32-21(8-10-30(2)11-9-21)16-6-4-3-5-7-16;/h3-7,12-14,31H,8-11,15H2,1-2H3;1H. The van der Waals surface area contributed by atoms with Crippen LogP contribution in [0.25, 0.3) is 0 Å². The molecule has 0 aromatic heterocycles. The molecule has 0 spiro atoms. The van der Waals surface area contributed by atoms with Crippen LogP contribution in [0.2, 0.25) is 0 Å². The normalized spacial score (nSPS) is 18.9. The van der Waals surface area contributed by atoms with E-state index >= 15 is 0 Å². The monoisotopic (exact) mass is 497 g/mol. The first kappa shape index (κ1) is 27.4. The number of halogens is 7. The third kappa shape index (κ3) is 6.01. The van der Waals surface area contributed by atoms with Gasteiger partial charge in [-0.15, -0.1) is 12.4 Å². The lowest BCUT2D eigenvalue weighted by atomic mass is 9.82. The molecule has 3 nitrogen and oxygen atoms in total. The van der Waals surface area contributed by atoms with E-state index in [-0.39, 0.29) is 24.0 Å². The lowest BCUT2D eigenvalue weighted by Crippen LogP contribution is -2.48. The first-order valence-corrected chi connectivity index (χ1v) is 10.1. The van der Waals surface area contributed by atoms with Gasteiger partial charge in [0.25, 0.3) is 0 Å². The number of likely N-dealkylation sites (tertiary alicyclic amines) is 1. The SMILES string of the molecule is CN1CCC(OC(C)(CO)c2cc(C(F)(F)F)cc(C(F)(F)F)c2)(c2ccccc2)CC1.Cl. The summed E-state index contributed by atoms with van der Waals surface area (Å²) in [5, 5.41) is 10.2. The lowest BCUT2D eigenvalue weighted by molar-refractivity contribution is -0.195. The number of hydrogen-bond acceptors (Lipinski definition) is 3. The first-order valence-electron chi connectivity index (χ1n) is 10.1. The van der Waals surface area contributed by atoms with Crippen molar-refractivity contribution >= 4 is 12.4 Å². The summed E-state index contributed by atoms with van der Waals surface area (Å²) in [4.78, 5) is 2.06. The van der Waals surface area contributed by atoms with Gasteiger partial charge >= 0.3 is 12.4 Å². The number of piperidine rings is 1. The molecule has 1 aliphatic heterocycles. The molecule has 1 saturated heterocycles. The summed E-state index contributed by atoms with van der Waals surface area (Å²) < 4.78 is 86.7. The van der Waals surface area contributed by atoms with Gasteiger partial charge in [-0.1, -0.05) is 30.3 Å². The molecule has 1 atom stereocenters. The molecule has 1 fully saturated rings. The van der Waals surface area contributed by atoms with Crippen LogP contribution in [-0.2, 0) is 28.3 Å². The van der Waals surface area contributed by atoms with Crippen molar-refractivity contribution in [2.24, 2.45) is 0 Å². The van der Waals surface area contributed by atoms with Crippen LogP contribution in [-0.4, -0.2) is 36.8 Å². The summed E-state index contributed by atoms with van der Waals surface area (Å²) in [5.74, 6) is 0. The second-order valence-electron chi connectivity index (χ2n) is 8.45. The van der Waals surface area contributed by atoms with Gasteiger partial charge in [-0.3, -0.25) is 0 Å². The Hall–Kier alpha value is -1.81. The van der Waals surface area contributed by atoms with Crippen LogP contribution in [0.1, 0.15) is 42.0 Å². The van der Waals surface area contributed by atoms with Crippen molar-refractivity contribution in [2.75, 3.05) is 26.7 Å². The molecule has 0 radical (unpaired) electrons. The fraction of sp³-hybridized carbons (Fsp3) is 0.478. The molecule has 0 aliphatic carbocycles. The topological polar surface area (TPSA) is 32.7 Å². The zero-order chi connectivity index (χ0) is 23.8. The van der Waals surface area contributed by atoms with Gasteiger partial charge in [0.2, 0.25) is 0 Å². The molecule has 0 bridgehead atoms. The molecule has 2 aromatic rings. The maximum absolute atomic E-state index is 13.4. The summed E-state index contributed by atoms with van der Waals surface area (Å²) in [6.07, 6.45) is -9.05. The highest BCUT2D eigenvalue weighted by atomic mass is 35.5. The van der Waals surface area contributed by atoms with Crippen LogP contribution in [0.15, 0.2) is 48.5 Å². The maximum atomic E-state index is 13.4. The Morgan fingerprint density at radius 3 is 1.76 bits per heavy atom. The van der Waals surface area contributed by atoms with Crippen molar-refractivity contribution in [3.05, 3.63) is 70.8 Å². The van der Waals surface area contributed by atoms with E-state index < -0.39 is 41.3 Å². The van der Waals surface area contributed by atoms with Gasteiger partial charge in [0, 0.05) is 13.1 Å². The van der Waals surface area contributed by atoms with E-state index in [1.807, 2.05) is 19.2 Å². The zero-order valence-corrected chi connectivity index (χ0v) is 18.9. The minimum absolute atomic E-state index is 0. The molecule has 1 aliphatic rings. The van der Waals surface area contributed by atoms with Crippen LogP contribution in [0.3, 0.4) is 0 Å². The maximum Gasteiger partial charge on any atom is 0.416 e. The predicted molar refractivity (Wildman–Crippen MR) is 114 cm³/mol. The summed E-state index contributed by atoms with van der Waals surface area (Å²) in [6.45, 7) is 1.77. The Labute approximate surface area is 194 Å². The Morgan fingerprint density at radius 1 is 0.879 bits per heavy atom. The van der Waals surface area contributed by atoms with Gasteiger partial charge in [0.05, 0.1) is 23.3 Å². The van der Waals surface area contributed by atoms with Gasteiger partial charge in [0.1, 0.15) is 5.60 Å². The Kier molecular flexibility index (Phi) is 8.16. The van der Waals surface area contributed by atoms with E-state index in [0.717, 1.165) is 5.56 Å². The van der Waals surface area contributed by atoms with Crippen LogP contribution in [0.5, 0.6) is 0 Å². The molecule has 33 heavy (non-hydrogen) atoms. The van der Waals surface area contributed by atoms with Crippen LogP contribution in [0, 0.1) is 0 Å². The first-order chi connectivity index (χ1) is 14.8. The van der Waals surface area contributed by atoms with Crippen molar-refractivity contribution in [3.8, 4) is 0 Å². The smallest absolute Gasteiger partial charge is 0.393 e. The minimum Gasteiger partial charge on any atom is -0.393 e. The van der Waals surface area contributed by atoms with Gasteiger partial charge in [-0.2, -0.15) is 26.3 Å². The fourth-order valence-corrected chi connectivity index (χ4v) is 4.05. The summed E-state index contributed by atoms with van der Waals surface area (Å²) in [5.41, 5.74) is -5.28. The molecule has 3 rings (SSSR count). The van der Waals surface area contributed by atoms with Crippen LogP contribution in [0.4, 0.5) is 26.3 Å². The Bertz CT molecular complexity index is 895. The fourth-order valence-electron chi connectivity index (χ4n) is 4.05. The number of nitrogens with zero attached hydrogens (tertiary/aromatic N) is 1. The molecule has 2 aromatic carbocycles. The number of ether oxygens (including phenoxy) is 1. The molecule has 1 unspecified atom stereocenters. The molecule has 0 amide bonds. The molecule has 10 heteroatoms. The third-order valence-electron chi connectivity index (χ3n) is 6.02. The largest absolute Gasteiger partial charge is 0.416 e. The number of hydrogen-bond donors (Lipinski definition) is 1. The van der Waals surface area contributed by atoms with E-state index in [4.69, 9.17) is 4.74 Å². The highest BCUT2D eigenvalue weighted by Gasteiger charge is 2.45. The average Bonchev–Trinajstić information content (AvgIpc) is 2.74. The van der Waals surface area contributed by atoms with Gasteiger partial charge in [-0.25, -0.2) is 0 Å². The van der Waals surface area contributed by atoms with E-state index in [2.05, 4.69) is 4.90 Å². The summed E-state index contributed by atoms with van der Waals surface area (Å²) in [7, 11) is 1.92. The second kappa shape index (κ2) is 9.82. The number of benzene rings is 2. The third-order valence-corrected chi connectivity index (χ3v) is 6.02.